The van der Waals surface area contributed by atoms with Crippen LogP contribution in [0.3, 0.4) is 0 Å². The minimum atomic E-state index is -0.0287. The summed E-state index contributed by atoms with van der Waals surface area (Å²) in [4.78, 5) is 31.5. The third-order valence-electron chi connectivity index (χ3n) is 5.97. The summed E-state index contributed by atoms with van der Waals surface area (Å²) >= 11 is 0. The maximum atomic E-state index is 13.5. The lowest BCUT2D eigenvalue weighted by Gasteiger charge is -2.32. The van der Waals surface area contributed by atoms with E-state index in [1.54, 1.807) is 0 Å². The molecule has 1 N–H and O–H groups in total. The first-order chi connectivity index (χ1) is 15.6. The van der Waals surface area contributed by atoms with Crippen molar-refractivity contribution in [2.45, 2.75) is 25.8 Å². The van der Waals surface area contributed by atoms with Gasteiger partial charge in [0, 0.05) is 37.0 Å². The molecule has 0 atom stereocenters. The van der Waals surface area contributed by atoms with Crippen LogP contribution in [0.1, 0.15) is 30.1 Å². The summed E-state index contributed by atoms with van der Waals surface area (Å²) in [7, 11) is 0. The molecule has 2 aliphatic heterocycles. The Balaban J connectivity index is 1.48. The van der Waals surface area contributed by atoms with E-state index in [0.29, 0.717) is 37.6 Å². The fourth-order valence-electron chi connectivity index (χ4n) is 4.39. The van der Waals surface area contributed by atoms with Gasteiger partial charge in [0.15, 0.2) is 11.5 Å². The molecule has 0 saturated carbocycles. The van der Waals surface area contributed by atoms with Crippen molar-refractivity contribution in [3.8, 4) is 22.8 Å². The van der Waals surface area contributed by atoms with Gasteiger partial charge in [-0.3, -0.25) is 9.59 Å². The lowest BCUT2D eigenvalue weighted by atomic mass is 10.0. The Morgan fingerprint density at radius 2 is 1.75 bits per heavy atom. The molecule has 5 rings (SSSR count). The molecular weight excluding hydrogens is 406 g/mol. The number of aromatic nitrogens is 1. The van der Waals surface area contributed by atoms with Gasteiger partial charge < -0.3 is 19.7 Å². The molecule has 2 aliphatic rings. The van der Waals surface area contributed by atoms with Crippen LogP contribution in [0.15, 0.2) is 48.5 Å². The molecule has 7 heteroatoms. The molecule has 0 radical (unpaired) electrons. The molecule has 0 aliphatic carbocycles. The van der Waals surface area contributed by atoms with Crippen LogP contribution in [0.25, 0.3) is 22.2 Å². The number of pyridine rings is 1. The molecule has 164 valence electrons. The van der Waals surface area contributed by atoms with Gasteiger partial charge in [-0.15, -0.1) is 0 Å². The topological polar surface area (TPSA) is 80.8 Å². The zero-order valence-corrected chi connectivity index (χ0v) is 18.0. The number of carbonyl (C=O) groups is 2. The van der Waals surface area contributed by atoms with Crippen molar-refractivity contribution >= 4 is 22.7 Å². The molecule has 1 fully saturated rings. The first-order valence-corrected chi connectivity index (χ1v) is 10.9. The van der Waals surface area contributed by atoms with Gasteiger partial charge in [-0.2, -0.15) is 0 Å². The van der Waals surface area contributed by atoms with E-state index in [2.05, 4.69) is 5.32 Å². The second-order valence-corrected chi connectivity index (χ2v) is 8.20. The molecule has 2 aromatic carbocycles. The van der Waals surface area contributed by atoms with Gasteiger partial charge in [0.1, 0.15) is 13.2 Å². The van der Waals surface area contributed by atoms with E-state index >= 15 is 0 Å². The molecule has 3 aromatic rings. The summed E-state index contributed by atoms with van der Waals surface area (Å²) < 4.78 is 11.4. The first-order valence-electron chi connectivity index (χ1n) is 10.9. The summed E-state index contributed by atoms with van der Waals surface area (Å²) in [5.74, 6) is 1.37. The second kappa shape index (κ2) is 8.49. The highest BCUT2D eigenvalue weighted by Gasteiger charge is 2.26. The molecule has 0 bridgehead atoms. The normalized spacial score (nSPS) is 16.1. The first kappa shape index (κ1) is 20.3. The van der Waals surface area contributed by atoms with Crippen LogP contribution < -0.4 is 14.8 Å². The van der Waals surface area contributed by atoms with Crippen molar-refractivity contribution in [3.63, 3.8) is 0 Å². The Kier molecular flexibility index (Phi) is 5.39. The highest BCUT2D eigenvalue weighted by atomic mass is 16.6. The number of nitrogens with zero attached hydrogens (tertiary/aromatic N) is 2. The van der Waals surface area contributed by atoms with Crippen molar-refractivity contribution in [1.82, 2.24) is 15.2 Å². The zero-order chi connectivity index (χ0) is 22.1. The number of fused-ring (bicyclic) bond motifs is 2. The predicted octanol–water partition coefficient (Wildman–Crippen LogP) is 3.41. The van der Waals surface area contributed by atoms with Crippen LogP contribution in [-0.2, 0) is 4.79 Å². The number of ether oxygens (including phenoxy) is 2. The average molecular weight is 431 g/mol. The van der Waals surface area contributed by atoms with Gasteiger partial charge in [-0.1, -0.05) is 18.2 Å². The third-order valence-corrected chi connectivity index (χ3v) is 5.97. The number of likely N-dealkylation sites (tertiary alicyclic amines) is 1. The molecule has 3 heterocycles. The highest BCUT2D eigenvalue weighted by molar-refractivity contribution is 6.07. The number of carbonyl (C=O) groups excluding carboxylic acids is 2. The Labute approximate surface area is 186 Å². The van der Waals surface area contributed by atoms with Gasteiger partial charge in [-0.05, 0) is 43.2 Å². The maximum absolute atomic E-state index is 13.5. The largest absolute Gasteiger partial charge is 0.486 e. The fourth-order valence-corrected chi connectivity index (χ4v) is 4.39. The molecule has 2 amide bonds. The van der Waals surface area contributed by atoms with Crippen LogP contribution in [-0.4, -0.2) is 54.0 Å². The highest BCUT2D eigenvalue weighted by Crippen LogP contribution is 2.35. The summed E-state index contributed by atoms with van der Waals surface area (Å²) in [6.45, 7) is 3.80. The average Bonchev–Trinajstić information content (AvgIpc) is 2.82. The van der Waals surface area contributed by atoms with Crippen molar-refractivity contribution < 1.29 is 19.1 Å². The monoisotopic (exact) mass is 431 g/mol. The van der Waals surface area contributed by atoms with Crippen LogP contribution in [0.5, 0.6) is 11.5 Å². The minimum Gasteiger partial charge on any atom is -0.486 e. The van der Waals surface area contributed by atoms with Crippen LogP contribution in [0.4, 0.5) is 0 Å². The number of hydrogen-bond donors (Lipinski definition) is 1. The second-order valence-electron chi connectivity index (χ2n) is 8.20. The van der Waals surface area contributed by atoms with Crippen molar-refractivity contribution in [2.75, 3.05) is 26.3 Å². The van der Waals surface area contributed by atoms with E-state index in [1.807, 2.05) is 53.4 Å². The van der Waals surface area contributed by atoms with Gasteiger partial charge in [0.2, 0.25) is 5.91 Å². The van der Waals surface area contributed by atoms with Crippen LogP contribution in [0, 0.1) is 0 Å². The predicted molar refractivity (Wildman–Crippen MR) is 121 cm³/mol. The number of benzene rings is 2. The summed E-state index contributed by atoms with van der Waals surface area (Å²) in [5, 5.41) is 3.79. The van der Waals surface area contributed by atoms with Crippen molar-refractivity contribution in [1.29, 1.82) is 0 Å². The van der Waals surface area contributed by atoms with E-state index in [9.17, 15) is 9.59 Å². The number of amides is 2. The summed E-state index contributed by atoms with van der Waals surface area (Å²) in [5.41, 5.74) is 3.01. The van der Waals surface area contributed by atoms with E-state index in [1.165, 1.54) is 6.92 Å². The van der Waals surface area contributed by atoms with E-state index in [-0.39, 0.29) is 17.9 Å². The Bertz CT molecular complexity index is 1190. The molecule has 1 saturated heterocycles. The van der Waals surface area contributed by atoms with E-state index < -0.39 is 0 Å². The van der Waals surface area contributed by atoms with Crippen LogP contribution in [0.2, 0.25) is 0 Å². The maximum Gasteiger partial charge on any atom is 0.254 e. The molecule has 0 spiro atoms. The number of piperidine rings is 1. The Hall–Kier alpha value is -3.61. The number of hydrogen-bond acceptors (Lipinski definition) is 5. The molecular formula is C25H25N3O4. The lowest BCUT2D eigenvalue weighted by molar-refractivity contribution is -0.119. The van der Waals surface area contributed by atoms with Gasteiger partial charge in [0.25, 0.3) is 5.91 Å². The number of para-hydroxylation sites is 1. The fraction of sp³-hybridized carbons (Fsp3) is 0.320. The summed E-state index contributed by atoms with van der Waals surface area (Å²) in [6.07, 6.45) is 1.51. The molecule has 0 unspecified atom stereocenters. The zero-order valence-electron chi connectivity index (χ0n) is 18.0. The van der Waals surface area contributed by atoms with Gasteiger partial charge in [-0.25, -0.2) is 4.98 Å². The molecule has 1 aromatic heterocycles. The lowest BCUT2D eigenvalue weighted by Crippen LogP contribution is -2.46. The standard InChI is InChI=1S/C25H25N3O4/c1-16(29)26-18-8-10-28(11-9-18)25(30)20-15-22(27-21-5-3-2-4-19(20)21)17-6-7-23-24(14-17)32-13-12-31-23/h2-7,14-15,18H,8-13H2,1H3,(H,26,29). The Morgan fingerprint density at radius 3 is 2.53 bits per heavy atom. The summed E-state index contributed by atoms with van der Waals surface area (Å²) in [6, 6.07) is 15.5. The third kappa shape index (κ3) is 3.98. The van der Waals surface area contributed by atoms with Crippen molar-refractivity contribution in [3.05, 3.63) is 54.1 Å². The molecule has 7 nitrogen and oxygen atoms in total. The minimum absolute atomic E-state index is 0.0105. The Morgan fingerprint density at radius 1 is 1.00 bits per heavy atom. The van der Waals surface area contributed by atoms with Crippen LogP contribution >= 0.6 is 0 Å². The number of nitrogens with one attached hydrogen (secondary N) is 1. The van der Waals surface area contributed by atoms with E-state index in [4.69, 9.17) is 14.5 Å². The quantitative estimate of drug-likeness (QED) is 0.687. The number of rotatable bonds is 3. The smallest absolute Gasteiger partial charge is 0.254 e. The molecule has 32 heavy (non-hydrogen) atoms. The van der Waals surface area contributed by atoms with Crippen molar-refractivity contribution in [2.24, 2.45) is 0 Å². The van der Waals surface area contributed by atoms with Gasteiger partial charge in [0.05, 0.1) is 16.8 Å². The van der Waals surface area contributed by atoms with E-state index in [0.717, 1.165) is 40.8 Å². The SMILES string of the molecule is CC(=O)NC1CCN(C(=O)c2cc(-c3ccc4c(c3)OCCO4)nc3ccccc23)CC1. The van der Waals surface area contributed by atoms with Gasteiger partial charge >= 0.3 is 0 Å².